The summed E-state index contributed by atoms with van der Waals surface area (Å²) in [5.41, 5.74) is 1.04. The Balaban J connectivity index is 1.47. The largest absolute Gasteiger partial charge is 0.368 e. The third kappa shape index (κ3) is 4.10. The zero-order chi connectivity index (χ0) is 16.1. The van der Waals surface area contributed by atoms with E-state index >= 15 is 0 Å². The van der Waals surface area contributed by atoms with Gasteiger partial charge in [0.25, 0.3) is 5.91 Å². The van der Waals surface area contributed by atoms with Crippen LogP contribution in [0.5, 0.6) is 0 Å². The van der Waals surface area contributed by atoms with Gasteiger partial charge in [0.1, 0.15) is 6.10 Å². The van der Waals surface area contributed by atoms with Crippen LogP contribution in [0.2, 0.25) is 0 Å². The molecule has 0 spiro atoms. The van der Waals surface area contributed by atoms with Gasteiger partial charge in [-0.15, -0.1) is 0 Å². The van der Waals surface area contributed by atoms with Crippen molar-refractivity contribution in [2.45, 2.75) is 38.2 Å². The number of carbonyl (C=O) groups excluding carboxylic acids is 2. The van der Waals surface area contributed by atoms with Gasteiger partial charge in [0.15, 0.2) is 0 Å². The van der Waals surface area contributed by atoms with Crippen molar-refractivity contribution in [3.63, 3.8) is 0 Å². The van der Waals surface area contributed by atoms with E-state index < -0.39 is 0 Å². The van der Waals surface area contributed by atoms with Gasteiger partial charge in [-0.3, -0.25) is 14.7 Å². The lowest BCUT2D eigenvalue weighted by Crippen LogP contribution is -2.41. The quantitative estimate of drug-likeness (QED) is 0.880. The Morgan fingerprint density at radius 2 is 2.04 bits per heavy atom. The van der Waals surface area contributed by atoms with Crippen LogP contribution in [0.1, 0.15) is 31.2 Å². The van der Waals surface area contributed by atoms with Crippen molar-refractivity contribution in [2.75, 3.05) is 32.8 Å². The molecule has 7 nitrogen and oxygen atoms in total. The summed E-state index contributed by atoms with van der Waals surface area (Å²) in [6.07, 6.45) is 7.10. The molecule has 1 unspecified atom stereocenters. The molecule has 1 atom stereocenters. The summed E-state index contributed by atoms with van der Waals surface area (Å²) in [6.45, 7) is 3.34. The molecular weight excluding hydrogens is 296 g/mol. The lowest BCUT2D eigenvalue weighted by Gasteiger charge is -2.24. The predicted octanol–water partition coefficient (Wildman–Crippen LogP) is 0.582. The lowest BCUT2D eigenvalue weighted by atomic mass is 10.2. The van der Waals surface area contributed by atoms with Crippen molar-refractivity contribution in [1.29, 1.82) is 0 Å². The highest BCUT2D eigenvalue weighted by atomic mass is 16.5. The average Bonchev–Trinajstić information content (AvgIpc) is 3.22. The molecule has 0 saturated carbocycles. The molecule has 0 aliphatic carbocycles. The second-order valence-electron chi connectivity index (χ2n) is 6.17. The fraction of sp³-hybridized carbons (Fsp3) is 0.688. The first-order chi connectivity index (χ1) is 11.2. The van der Waals surface area contributed by atoms with Crippen molar-refractivity contribution in [2.24, 2.45) is 0 Å². The number of nitrogens with zero attached hydrogens (tertiary/aromatic N) is 3. The number of aromatic amines is 1. The number of hydrogen-bond donors (Lipinski definition) is 1. The molecule has 2 aliphatic rings. The van der Waals surface area contributed by atoms with E-state index in [0.717, 1.165) is 31.4 Å². The molecule has 0 aromatic carbocycles. The molecule has 0 radical (unpaired) electrons. The first-order valence-electron chi connectivity index (χ1n) is 8.40. The molecule has 2 aliphatic heterocycles. The maximum absolute atomic E-state index is 12.4. The molecule has 7 heteroatoms. The Bertz CT molecular complexity index is 525. The molecule has 2 amide bonds. The van der Waals surface area contributed by atoms with Crippen LogP contribution >= 0.6 is 0 Å². The van der Waals surface area contributed by atoms with Gasteiger partial charge in [-0.2, -0.15) is 5.10 Å². The van der Waals surface area contributed by atoms with Gasteiger partial charge >= 0.3 is 0 Å². The van der Waals surface area contributed by atoms with Gasteiger partial charge in [0.2, 0.25) is 5.91 Å². The Kier molecular flexibility index (Phi) is 5.27. The second kappa shape index (κ2) is 7.59. The summed E-state index contributed by atoms with van der Waals surface area (Å²) in [5.74, 6) is 0.243. The van der Waals surface area contributed by atoms with Gasteiger partial charge < -0.3 is 14.5 Å². The van der Waals surface area contributed by atoms with Crippen molar-refractivity contribution in [3.05, 3.63) is 18.0 Å². The van der Waals surface area contributed by atoms with Crippen LogP contribution in [0.15, 0.2) is 12.4 Å². The standard InChI is InChI=1S/C16H24N4O3/c21-15(5-4-13-11-17-18-12-13)19-6-2-7-20(9-8-19)16(22)14-3-1-10-23-14/h11-12,14H,1-10H2,(H,17,18). The number of hydrogen-bond acceptors (Lipinski definition) is 4. The van der Waals surface area contributed by atoms with E-state index in [1.807, 2.05) is 16.0 Å². The number of aryl methyl sites for hydroxylation is 1. The van der Waals surface area contributed by atoms with E-state index in [-0.39, 0.29) is 17.9 Å². The number of nitrogens with one attached hydrogen (secondary N) is 1. The third-order valence-corrected chi connectivity index (χ3v) is 4.55. The maximum atomic E-state index is 12.4. The van der Waals surface area contributed by atoms with Crippen LogP contribution in [0, 0.1) is 0 Å². The van der Waals surface area contributed by atoms with Crippen molar-refractivity contribution in [3.8, 4) is 0 Å². The summed E-state index contributed by atoms with van der Waals surface area (Å²) in [5, 5.41) is 6.65. The Morgan fingerprint density at radius 1 is 1.22 bits per heavy atom. The fourth-order valence-electron chi connectivity index (χ4n) is 3.19. The minimum atomic E-state index is -0.265. The number of ether oxygens (including phenoxy) is 1. The van der Waals surface area contributed by atoms with Crippen LogP contribution in [0.25, 0.3) is 0 Å². The first kappa shape index (κ1) is 16.0. The average molecular weight is 320 g/mol. The van der Waals surface area contributed by atoms with E-state index in [0.29, 0.717) is 39.1 Å². The highest BCUT2D eigenvalue weighted by Gasteiger charge is 2.29. The molecular formula is C16H24N4O3. The molecule has 126 valence electrons. The summed E-state index contributed by atoms with van der Waals surface area (Å²) >= 11 is 0. The monoisotopic (exact) mass is 320 g/mol. The molecule has 1 aromatic heterocycles. The van der Waals surface area contributed by atoms with E-state index in [4.69, 9.17) is 4.74 Å². The molecule has 3 heterocycles. The molecule has 3 rings (SSSR count). The number of amides is 2. The van der Waals surface area contributed by atoms with Crippen molar-refractivity contribution in [1.82, 2.24) is 20.0 Å². The van der Waals surface area contributed by atoms with Gasteiger partial charge in [-0.05, 0) is 31.2 Å². The van der Waals surface area contributed by atoms with Gasteiger partial charge in [0.05, 0.1) is 6.20 Å². The zero-order valence-electron chi connectivity index (χ0n) is 13.4. The lowest BCUT2D eigenvalue weighted by molar-refractivity contribution is -0.141. The third-order valence-electron chi connectivity index (χ3n) is 4.55. The highest BCUT2D eigenvalue weighted by Crippen LogP contribution is 2.16. The van der Waals surface area contributed by atoms with Gasteiger partial charge in [-0.1, -0.05) is 0 Å². The summed E-state index contributed by atoms with van der Waals surface area (Å²) in [7, 11) is 0. The van der Waals surface area contributed by atoms with Crippen LogP contribution in [0.3, 0.4) is 0 Å². The minimum absolute atomic E-state index is 0.0928. The van der Waals surface area contributed by atoms with Crippen molar-refractivity contribution < 1.29 is 14.3 Å². The smallest absolute Gasteiger partial charge is 0.251 e. The Morgan fingerprint density at radius 3 is 2.78 bits per heavy atom. The normalized spacial score (nSPS) is 22.2. The van der Waals surface area contributed by atoms with Crippen LogP contribution in [-0.4, -0.2) is 70.7 Å². The number of H-pyrrole nitrogens is 1. The minimum Gasteiger partial charge on any atom is -0.368 e. The maximum Gasteiger partial charge on any atom is 0.251 e. The van der Waals surface area contributed by atoms with E-state index in [2.05, 4.69) is 10.2 Å². The molecule has 2 saturated heterocycles. The number of aromatic nitrogens is 2. The number of carbonyl (C=O) groups is 2. The second-order valence-corrected chi connectivity index (χ2v) is 6.17. The SMILES string of the molecule is O=C(CCc1cn[nH]c1)N1CCCN(C(=O)C2CCCO2)CC1. The van der Waals surface area contributed by atoms with E-state index in [9.17, 15) is 9.59 Å². The molecule has 2 fully saturated rings. The van der Waals surface area contributed by atoms with E-state index in [1.165, 1.54) is 0 Å². The first-order valence-corrected chi connectivity index (χ1v) is 8.40. The highest BCUT2D eigenvalue weighted by molar-refractivity contribution is 5.81. The zero-order valence-corrected chi connectivity index (χ0v) is 13.4. The number of rotatable bonds is 4. The topological polar surface area (TPSA) is 78.5 Å². The van der Waals surface area contributed by atoms with Crippen LogP contribution in [0.4, 0.5) is 0 Å². The summed E-state index contributed by atoms with van der Waals surface area (Å²) in [4.78, 5) is 28.5. The predicted molar refractivity (Wildman–Crippen MR) is 83.7 cm³/mol. The Hall–Kier alpha value is -1.89. The summed E-state index contributed by atoms with van der Waals surface area (Å²) in [6, 6.07) is 0. The Labute approximate surface area is 136 Å². The van der Waals surface area contributed by atoms with Crippen LogP contribution < -0.4 is 0 Å². The van der Waals surface area contributed by atoms with E-state index in [1.54, 1.807) is 6.20 Å². The fourth-order valence-corrected chi connectivity index (χ4v) is 3.19. The van der Waals surface area contributed by atoms with Gasteiger partial charge in [0, 0.05) is 45.4 Å². The molecule has 1 N–H and O–H groups in total. The van der Waals surface area contributed by atoms with Crippen molar-refractivity contribution >= 4 is 11.8 Å². The molecule has 1 aromatic rings. The van der Waals surface area contributed by atoms with Gasteiger partial charge in [-0.25, -0.2) is 0 Å². The molecule has 0 bridgehead atoms. The molecule has 23 heavy (non-hydrogen) atoms. The van der Waals surface area contributed by atoms with Crippen LogP contribution in [-0.2, 0) is 20.7 Å². The summed E-state index contributed by atoms with van der Waals surface area (Å²) < 4.78 is 5.48.